The highest BCUT2D eigenvalue weighted by Gasteiger charge is 2.36. The van der Waals surface area contributed by atoms with Gasteiger partial charge in [0.2, 0.25) is 0 Å². The van der Waals surface area contributed by atoms with Crippen LogP contribution in [0.15, 0.2) is 54.4 Å². The SMILES string of the molecule is O=C(Nc1nccs1)[C@@H](c1ncn2c1C[C@@H](F)C2)n1cc2c(Cl)cc(-c3ccc(C4CCN(C5CC(O)C5)CC4)cc3)c(Cl)c2n1. The van der Waals surface area contributed by atoms with Gasteiger partial charge in [0.1, 0.15) is 11.7 Å². The Bertz CT molecular complexity index is 1900. The third-order valence-corrected chi connectivity index (χ3v) is 11.1. The molecule has 0 radical (unpaired) electrons. The molecule has 9 nitrogen and oxygen atoms in total. The van der Waals surface area contributed by atoms with E-state index in [4.69, 9.17) is 28.3 Å². The molecule has 1 amide bonds. The van der Waals surface area contributed by atoms with Gasteiger partial charge < -0.3 is 14.6 Å². The third-order valence-electron chi connectivity index (χ3n) is 9.75. The number of fused-ring (bicyclic) bond motifs is 2. The number of alkyl halides is 1. The van der Waals surface area contributed by atoms with E-state index < -0.39 is 18.1 Å². The molecule has 0 bridgehead atoms. The zero-order valence-electron chi connectivity index (χ0n) is 24.8. The summed E-state index contributed by atoms with van der Waals surface area (Å²) in [6.45, 7) is 2.32. The molecule has 3 aromatic heterocycles. The number of nitrogens with zero attached hydrogens (tertiary/aromatic N) is 6. The van der Waals surface area contributed by atoms with Crippen LogP contribution < -0.4 is 5.32 Å². The summed E-state index contributed by atoms with van der Waals surface area (Å²) in [7, 11) is 0. The number of benzene rings is 2. The number of anilines is 1. The standard InChI is InChI=1S/C33H32Cl2FN7O2S/c34-26-14-24(20-3-1-18(2-4-20)19-5-8-41(9-6-19)22-12-23(44)13-22)28(35)29-25(26)16-43(40-29)31(32(45)39-33-37-7-10-46-33)30-27-11-21(36)15-42(27)17-38-30/h1-4,7,10,14,16-17,19,21-23,31,44H,5-6,8-9,11-13,15H2,(H,37,39,45)/t21-,22?,23?,31-/m1/s1. The van der Waals surface area contributed by atoms with Gasteiger partial charge in [0.25, 0.3) is 5.91 Å². The number of likely N-dealkylation sites (tertiary alicyclic amines) is 1. The van der Waals surface area contributed by atoms with Crippen LogP contribution >= 0.6 is 34.5 Å². The largest absolute Gasteiger partial charge is 0.393 e. The van der Waals surface area contributed by atoms with Gasteiger partial charge in [0, 0.05) is 46.9 Å². The minimum absolute atomic E-state index is 0.124. The van der Waals surface area contributed by atoms with Crippen molar-refractivity contribution in [2.24, 2.45) is 0 Å². The fourth-order valence-electron chi connectivity index (χ4n) is 7.20. The number of hydrogen-bond acceptors (Lipinski definition) is 7. The van der Waals surface area contributed by atoms with Crippen molar-refractivity contribution in [3.05, 3.63) is 81.4 Å². The molecular weight excluding hydrogens is 648 g/mol. The maximum atomic E-state index is 14.4. The quantitative estimate of drug-likeness (QED) is 0.204. The van der Waals surface area contributed by atoms with E-state index in [9.17, 15) is 14.3 Å². The van der Waals surface area contributed by atoms with E-state index >= 15 is 0 Å². The molecule has 1 saturated heterocycles. The first-order valence-electron chi connectivity index (χ1n) is 15.6. The molecule has 46 heavy (non-hydrogen) atoms. The van der Waals surface area contributed by atoms with Crippen LogP contribution in [-0.2, 0) is 17.8 Å². The lowest BCUT2D eigenvalue weighted by Gasteiger charge is -2.44. The summed E-state index contributed by atoms with van der Waals surface area (Å²) in [5.41, 5.74) is 4.54. The van der Waals surface area contributed by atoms with Crippen molar-refractivity contribution in [1.82, 2.24) is 29.2 Å². The molecule has 2 atom stereocenters. The van der Waals surface area contributed by atoms with Crippen LogP contribution in [0.1, 0.15) is 54.6 Å². The van der Waals surface area contributed by atoms with Gasteiger partial charge in [-0.1, -0.05) is 47.5 Å². The smallest absolute Gasteiger partial charge is 0.257 e. The Hall–Kier alpha value is -3.35. The Morgan fingerprint density at radius 3 is 2.63 bits per heavy atom. The molecule has 238 valence electrons. The van der Waals surface area contributed by atoms with E-state index in [0.29, 0.717) is 49.4 Å². The first-order valence-corrected chi connectivity index (χ1v) is 17.2. The lowest BCUT2D eigenvalue weighted by atomic mass is 9.83. The minimum Gasteiger partial charge on any atom is -0.393 e. The van der Waals surface area contributed by atoms with E-state index in [1.807, 2.05) is 6.07 Å². The zero-order chi connectivity index (χ0) is 31.5. The van der Waals surface area contributed by atoms with E-state index in [0.717, 1.165) is 49.9 Å². The van der Waals surface area contributed by atoms with Crippen molar-refractivity contribution in [3.63, 3.8) is 0 Å². The summed E-state index contributed by atoms with van der Waals surface area (Å²) in [6.07, 6.45) is 7.89. The summed E-state index contributed by atoms with van der Waals surface area (Å²) in [4.78, 5) is 25.0. The van der Waals surface area contributed by atoms with Gasteiger partial charge in [-0.2, -0.15) is 5.10 Å². The van der Waals surface area contributed by atoms with E-state index in [-0.39, 0.29) is 19.1 Å². The molecule has 5 aromatic rings. The Balaban J connectivity index is 1.09. The number of aliphatic hydroxyl groups excluding tert-OH is 1. The van der Waals surface area contributed by atoms with Crippen molar-refractivity contribution in [1.29, 1.82) is 0 Å². The van der Waals surface area contributed by atoms with Gasteiger partial charge in [-0.15, -0.1) is 11.3 Å². The van der Waals surface area contributed by atoms with Gasteiger partial charge in [-0.25, -0.2) is 14.4 Å². The predicted octanol–water partition coefficient (Wildman–Crippen LogP) is 6.49. The molecule has 1 saturated carbocycles. The van der Waals surface area contributed by atoms with Gasteiger partial charge in [-0.3, -0.25) is 14.8 Å². The number of amides is 1. The second-order valence-corrected chi connectivity index (χ2v) is 14.2. The fourth-order valence-corrected chi connectivity index (χ4v) is 8.29. The Morgan fingerprint density at radius 1 is 1.13 bits per heavy atom. The summed E-state index contributed by atoms with van der Waals surface area (Å²) >= 11 is 15.2. The molecule has 5 heterocycles. The molecular formula is C33H32Cl2FN7O2S. The fraction of sp³-hybridized carbons (Fsp3) is 0.394. The van der Waals surface area contributed by atoms with Crippen LogP contribution in [0.25, 0.3) is 22.0 Å². The average molecular weight is 681 g/mol. The van der Waals surface area contributed by atoms with Crippen LogP contribution in [-0.4, -0.2) is 71.6 Å². The van der Waals surface area contributed by atoms with E-state index in [1.54, 1.807) is 28.7 Å². The topological polar surface area (TPSA) is 101 Å². The van der Waals surface area contributed by atoms with Gasteiger partial charge >= 0.3 is 0 Å². The van der Waals surface area contributed by atoms with Crippen molar-refractivity contribution < 1.29 is 14.3 Å². The lowest BCUT2D eigenvalue weighted by molar-refractivity contribution is -0.118. The Kier molecular flexibility index (Phi) is 7.85. The number of aliphatic hydroxyl groups is 1. The molecule has 2 N–H and O–H groups in total. The second kappa shape index (κ2) is 12.0. The van der Waals surface area contributed by atoms with Crippen molar-refractivity contribution >= 4 is 56.5 Å². The third kappa shape index (κ3) is 5.41. The second-order valence-electron chi connectivity index (χ2n) is 12.6. The Labute approximate surface area is 279 Å². The highest BCUT2D eigenvalue weighted by atomic mass is 35.5. The molecule has 0 unspecified atom stereocenters. The summed E-state index contributed by atoms with van der Waals surface area (Å²) < 4.78 is 17.6. The zero-order valence-corrected chi connectivity index (χ0v) is 27.1. The minimum atomic E-state index is -1.04. The van der Waals surface area contributed by atoms with Crippen LogP contribution in [0.3, 0.4) is 0 Å². The molecule has 13 heteroatoms. The Morgan fingerprint density at radius 2 is 1.91 bits per heavy atom. The van der Waals surface area contributed by atoms with Crippen molar-refractivity contribution in [2.45, 2.75) is 68.9 Å². The van der Waals surface area contributed by atoms with Gasteiger partial charge in [0.05, 0.1) is 34.7 Å². The molecule has 8 rings (SSSR count). The van der Waals surface area contributed by atoms with Gasteiger partial charge in [0.15, 0.2) is 11.2 Å². The van der Waals surface area contributed by atoms with Crippen LogP contribution in [0.5, 0.6) is 0 Å². The number of hydrogen-bond donors (Lipinski definition) is 2. The summed E-state index contributed by atoms with van der Waals surface area (Å²) in [5, 5.41) is 21.0. The molecule has 2 fully saturated rings. The van der Waals surface area contributed by atoms with Gasteiger partial charge in [-0.05, 0) is 61.9 Å². The number of rotatable bonds is 7. The number of piperidine rings is 1. The lowest BCUT2D eigenvalue weighted by Crippen LogP contribution is -2.49. The summed E-state index contributed by atoms with van der Waals surface area (Å²) in [6, 6.07) is 9.89. The highest BCUT2D eigenvalue weighted by molar-refractivity contribution is 7.13. The monoisotopic (exact) mass is 679 g/mol. The average Bonchev–Trinajstić information content (AvgIpc) is 3.85. The van der Waals surface area contributed by atoms with Crippen LogP contribution in [0, 0.1) is 0 Å². The van der Waals surface area contributed by atoms with Crippen molar-refractivity contribution in [2.75, 3.05) is 18.4 Å². The number of carbonyl (C=O) groups excluding carboxylic acids is 1. The first-order chi connectivity index (χ1) is 22.3. The molecule has 2 aromatic carbocycles. The molecule has 3 aliphatic rings. The molecule has 0 spiro atoms. The number of halogens is 3. The first kappa shape index (κ1) is 30.0. The highest BCUT2D eigenvalue weighted by Crippen LogP contribution is 2.41. The van der Waals surface area contributed by atoms with Crippen molar-refractivity contribution in [3.8, 4) is 11.1 Å². The van der Waals surface area contributed by atoms with Crippen LogP contribution in [0.4, 0.5) is 9.52 Å². The number of imidazole rings is 1. The number of thiazole rings is 1. The normalized spacial score (nSPS) is 22.6. The molecule has 1 aliphatic carbocycles. The molecule has 2 aliphatic heterocycles. The summed E-state index contributed by atoms with van der Waals surface area (Å²) in [5.74, 6) is 0.0998. The van der Waals surface area contributed by atoms with Crippen LogP contribution in [0.2, 0.25) is 10.0 Å². The maximum absolute atomic E-state index is 14.4. The van der Waals surface area contributed by atoms with E-state index in [1.165, 1.54) is 21.6 Å². The predicted molar refractivity (Wildman–Crippen MR) is 177 cm³/mol. The number of nitrogens with one attached hydrogen (secondary N) is 1. The van der Waals surface area contributed by atoms with E-state index in [2.05, 4.69) is 44.5 Å². The number of carbonyl (C=O) groups is 1. The maximum Gasteiger partial charge on any atom is 0.257 e. The number of aromatic nitrogens is 5.